The predicted molar refractivity (Wildman–Crippen MR) is 109 cm³/mol. The van der Waals surface area contributed by atoms with Crippen molar-refractivity contribution in [3.63, 3.8) is 0 Å². The zero-order chi connectivity index (χ0) is 22.6. The average molecular weight is 438 g/mol. The van der Waals surface area contributed by atoms with Crippen LogP contribution >= 0.6 is 0 Å². The Labute approximate surface area is 178 Å². The van der Waals surface area contributed by atoms with Gasteiger partial charge < -0.3 is 20.5 Å². The quantitative estimate of drug-likeness (QED) is 0.469. The molecule has 0 saturated carbocycles. The van der Waals surface area contributed by atoms with Crippen LogP contribution in [0.5, 0.6) is 11.5 Å². The maximum atomic E-state index is 13.7. The Morgan fingerprint density at radius 2 is 1.74 bits per heavy atom. The molecule has 0 unspecified atom stereocenters. The summed E-state index contributed by atoms with van der Waals surface area (Å²) in [5.74, 6) is -3.29. The van der Waals surface area contributed by atoms with Crippen molar-refractivity contribution >= 4 is 11.7 Å². The molecule has 0 radical (unpaired) electrons. The topological polar surface area (TPSA) is 90.6 Å². The van der Waals surface area contributed by atoms with Crippen LogP contribution in [0.15, 0.2) is 42.5 Å². The lowest BCUT2D eigenvalue weighted by molar-refractivity contribution is -0.123. The lowest BCUT2D eigenvalue weighted by atomic mass is 10.0. The molecule has 0 heterocycles. The standard InChI is InChI=1S/C22H25F3N2O4/c23-10-12-30-16-6-3-5-15(13-16)22(29)27-19(9-1-2-11-26)20(28)14-31-21-17(24)7-4-8-18(21)25/h3-8,13,19H,1-2,9-12,14,26H2,(H,27,29)/t19-/m0/s1. The van der Waals surface area contributed by atoms with Gasteiger partial charge >= 0.3 is 0 Å². The van der Waals surface area contributed by atoms with E-state index in [4.69, 9.17) is 15.2 Å². The monoisotopic (exact) mass is 438 g/mol. The Bertz CT molecular complexity index is 859. The number of rotatable bonds is 13. The van der Waals surface area contributed by atoms with E-state index in [-0.39, 0.29) is 18.6 Å². The van der Waals surface area contributed by atoms with Gasteiger partial charge in [-0.1, -0.05) is 12.1 Å². The molecule has 31 heavy (non-hydrogen) atoms. The van der Waals surface area contributed by atoms with Gasteiger partial charge in [-0.15, -0.1) is 0 Å². The van der Waals surface area contributed by atoms with Crippen LogP contribution in [-0.2, 0) is 4.79 Å². The number of hydrogen-bond acceptors (Lipinski definition) is 5. The molecule has 6 nitrogen and oxygen atoms in total. The lowest BCUT2D eigenvalue weighted by Gasteiger charge is -2.18. The number of para-hydroxylation sites is 1. The van der Waals surface area contributed by atoms with Gasteiger partial charge in [-0.25, -0.2) is 13.2 Å². The van der Waals surface area contributed by atoms with Gasteiger partial charge in [-0.2, -0.15) is 0 Å². The first-order valence-corrected chi connectivity index (χ1v) is 9.85. The number of nitrogens with two attached hydrogens (primary N) is 1. The maximum absolute atomic E-state index is 13.7. The molecule has 1 amide bonds. The Kier molecular flexibility index (Phi) is 9.83. The highest BCUT2D eigenvalue weighted by Crippen LogP contribution is 2.21. The van der Waals surface area contributed by atoms with Crippen molar-refractivity contribution in [2.24, 2.45) is 5.73 Å². The minimum Gasteiger partial charge on any atom is -0.491 e. The first kappa shape index (κ1) is 24.2. The Hall–Kier alpha value is -3.07. The van der Waals surface area contributed by atoms with Crippen molar-refractivity contribution < 1.29 is 32.2 Å². The van der Waals surface area contributed by atoms with E-state index in [0.29, 0.717) is 25.1 Å². The molecule has 168 valence electrons. The number of amides is 1. The van der Waals surface area contributed by atoms with Crippen LogP contribution in [0.2, 0.25) is 0 Å². The van der Waals surface area contributed by atoms with Gasteiger partial charge in [-0.05, 0) is 56.1 Å². The minimum atomic E-state index is -0.940. The fraction of sp³-hybridized carbons (Fsp3) is 0.364. The molecule has 0 bridgehead atoms. The molecule has 2 aromatic rings. The number of carbonyl (C=O) groups is 2. The Morgan fingerprint density at radius 1 is 1.03 bits per heavy atom. The molecule has 9 heteroatoms. The number of benzene rings is 2. The number of nitrogens with one attached hydrogen (secondary N) is 1. The lowest BCUT2D eigenvalue weighted by Crippen LogP contribution is -2.43. The van der Waals surface area contributed by atoms with Gasteiger partial charge in [0.2, 0.25) is 0 Å². The van der Waals surface area contributed by atoms with Crippen LogP contribution in [0.3, 0.4) is 0 Å². The summed E-state index contributed by atoms with van der Waals surface area (Å²) in [5, 5.41) is 2.61. The van der Waals surface area contributed by atoms with Gasteiger partial charge in [0.05, 0.1) is 6.04 Å². The number of halogens is 3. The van der Waals surface area contributed by atoms with E-state index in [1.807, 2.05) is 0 Å². The molecule has 2 aromatic carbocycles. The summed E-state index contributed by atoms with van der Waals surface area (Å²) in [4.78, 5) is 25.2. The molecular formula is C22H25F3N2O4. The number of ether oxygens (including phenoxy) is 2. The van der Waals surface area contributed by atoms with Crippen molar-refractivity contribution in [1.29, 1.82) is 0 Å². The first-order valence-electron chi connectivity index (χ1n) is 9.85. The van der Waals surface area contributed by atoms with Gasteiger partial charge in [0, 0.05) is 5.56 Å². The highest BCUT2D eigenvalue weighted by atomic mass is 19.1. The van der Waals surface area contributed by atoms with Gasteiger partial charge in [0.15, 0.2) is 23.2 Å². The molecule has 2 rings (SSSR count). The van der Waals surface area contributed by atoms with Crippen LogP contribution < -0.4 is 20.5 Å². The van der Waals surface area contributed by atoms with Crippen LogP contribution in [0.25, 0.3) is 0 Å². The summed E-state index contributed by atoms with van der Waals surface area (Å²) in [6, 6.07) is 8.36. The van der Waals surface area contributed by atoms with Crippen LogP contribution in [0.1, 0.15) is 29.6 Å². The van der Waals surface area contributed by atoms with E-state index < -0.39 is 48.4 Å². The van der Waals surface area contributed by atoms with E-state index >= 15 is 0 Å². The summed E-state index contributed by atoms with van der Waals surface area (Å²) in [6.45, 7) is -1.02. The van der Waals surface area contributed by atoms with Crippen molar-refractivity contribution in [2.75, 3.05) is 26.4 Å². The number of unbranched alkanes of at least 4 members (excludes halogenated alkanes) is 1. The third-order valence-electron chi connectivity index (χ3n) is 4.36. The SMILES string of the molecule is NCCCC[C@H](NC(=O)c1cccc(OCCF)c1)C(=O)COc1c(F)cccc1F. The first-order chi connectivity index (χ1) is 15.0. The summed E-state index contributed by atoms with van der Waals surface area (Å²) in [6.07, 6.45) is 1.47. The van der Waals surface area contributed by atoms with E-state index in [9.17, 15) is 22.8 Å². The summed E-state index contributed by atoms with van der Waals surface area (Å²) >= 11 is 0. The highest BCUT2D eigenvalue weighted by molar-refractivity contribution is 5.98. The molecule has 0 fully saturated rings. The smallest absolute Gasteiger partial charge is 0.251 e. The predicted octanol–water partition coefficient (Wildman–Crippen LogP) is 3.19. The van der Waals surface area contributed by atoms with E-state index in [0.717, 1.165) is 12.1 Å². The number of hydrogen-bond donors (Lipinski definition) is 2. The van der Waals surface area contributed by atoms with Gasteiger partial charge in [0.25, 0.3) is 5.91 Å². The third-order valence-corrected chi connectivity index (χ3v) is 4.36. The summed E-state index contributed by atoms with van der Waals surface area (Å²) in [5.41, 5.74) is 5.70. The van der Waals surface area contributed by atoms with Crippen LogP contribution in [0, 0.1) is 11.6 Å². The zero-order valence-electron chi connectivity index (χ0n) is 16.9. The highest BCUT2D eigenvalue weighted by Gasteiger charge is 2.23. The minimum absolute atomic E-state index is 0.144. The van der Waals surface area contributed by atoms with Gasteiger partial charge in [0.1, 0.15) is 25.6 Å². The number of ketones is 1. The fourth-order valence-electron chi connectivity index (χ4n) is 2.80. The van der Waals surface area contributed by atoms with Crippen LogP contribution in [0.4, 0.5) is 13.2 Å². The largest absolute Gasteiger partial charge is 0.491 e. The summed E-state index contributed by atoms with van der Waals surface area (Å²) in [7, 11) is 0. The van der Waals surface area contributed by atoms with Crippen molar-refractivity contribution in [3.05, 3.63) is 59.7 Å². The molecule has 1 atom stereocenters. The van der Waals surface area contributed by atoms with Crippen molar-refractivity contribution in [3.8, 4) is 11.5 Å². The molecule has 0 aliphatic heterocycles. The molecule has 0 aliphatic rings. The summed E-state index contributed by atoms with van der Waals surface area (Å²) < 4.78 is 49.9. The molecule has 0 aromatic heterocycles. The number of alkyl halides is 1. The average Bonchev–Trinajstić information content (AvgIpc) is 2.76. The Morgan fingerprint density at radius 3 is 2.42 bits per heavy atom. The van der Waals surface area contributed by atoms with E-state index in [1.165, 1.54) is 18.2 Å². The number of carbonyl (C=O) groups excluding carboxylic acids is 2. The van der Waals surface area contributed by atoms with Crippen molar-refractivity contribution in [1.82, 2.24) is 5.32 Å². The second-order valence-electron chi connectivity index (χ2n) is 6.68. The fourth-order valence-corrected chi connectivity index (χ4v) is 2.80. The molecule has 0 aliphatic carbocycles. The second kappa shape index (κ2) is 12.6. The van der Waals surface area contributed by atoms with Crippen LogP contribution in [-0.4, -0.2) is 44.2 Å². The van der Waals surface area contributed by atoms with Crippen molar-refractivity contribution in [2.45, 2.75) is 25.3 Å². The zero-order valence-corrected chi connectivity index (χ0v) is 16.9. The normalized spacial score (nSPS) is 11.6. The second-order valence-corrected chi connectivity index (χ2v) is 6.68. The van der Waals surface area contributed by atoms with E-state index in [2.05, 4.69) is 5.32 Å². The Balaban J connectivity index is 2.06. The molecular weight excluding hydrogens is 413 g/mol. The molecule has 3 N–H and O–H groups in total. The molecule has 0 spiro atoms. The third kappa shape index (κ3) is 7.60. The van der Waals surface area contributed by atoms with Gasteiger partial charge in [-0.3, -0.25) is 9.59 Å². The van der Waals surface area contributed by atoms with E-state index in [1.54, 1.807) is 12.1 Å². The maximum Gasteiger partial charge on any atom is 0.251 e. The molecule has 0 saturated heterocycles. The number of Topliss-reactive ketones (excluding diaryl/α,β-unsaturated/α-hetero) is 1.